The first-order valence-corrected chi connectivity index (χ1v) is 9.41. The average molecular weight is 328 g/mol. The van der Waals surface area contributed by atoms with E-state index in [1.807, 2.05) is 31.2 Å². The summed E-state index contributed by atoms with van der Waals surface area (Å²) in [6.45, 7) is 1.85. The Hall–Kier alpha value is -1.84. The second-order valence-electron chi connectivity index (χ2n) is 7.02. The van der Waals surface area contributed by atoms with Crippen LogP contribution in [0.3, 0.4) is 0 Å². The first kappa shape index (κ1) is 17.0. The van der Waals surface area contributed by atoms with Gasteiger partial charge in [-0.15, -0.1) is 0 Å². The van der Waals surface area contributed by atoms with E-state index in [1.54, 1.807) is 4.90 Å². The highest BCUT2D eigenvalue weighted by Crippen LogP contribution is 2.33. The third-order valence-corrected chi connectivity index (χ3v) is 5.30. The minimum Gasteiger partial charge on any atom is -0.352 e. The molecular weight excluding hydrogens is 300 g/mol. The number of nitrogens with zero attached hydrogens (tertiary/aromatic N) is 1. The summed E-state index contributed by atoms with van der Waals surface area (Å²) >= 11 is 0. The van der Waals surface area contributed by atoms with E-state index in [-0.39, 0.29) is 23.9 Å². The van der Waals surface area contributed by atoms with E-state index in [0.29, 0.717) is 12.8 Å². The second-order valence-corrected chi connectivity index (χ2v) is 7.02. The van der Waals surface area contributed by atoms with Crippen LogP contribution in [0, 0.1) is 0 Å². The van der Waals surface area contributed by atoms with Crippen molar-refractivity contribution in [3.8, 4) is 0 Å². The third kappa shape index (κ3) is 3.63. The maximum Gasteiger partial charge on any atom is 0.243 e. The van der Waals surface area contributed by atoms with Crippen molar-refractivity contribution in [2.24, 2.45) is 0 Å². The van der Waals surface area contributed by atoms with Crippen LogP contribution in [0.1, 0.15) is 63.9 Å². The number of anilines is 1. The van der Waals surface area contributed by atoms with Crippen LogP contribution in [0.15, 0.2) is 24.3 Å². The predicted molar refractivity (Wildman–Crippen MR) is 96.0 cm³/mol. The lowest BCUT2D eigenvalue weighted by molar-refractivity contribution is -0.126. The zero-order valence-electron chi connectivity index (χ0n) is 14.6. The summed E-state index contributed by atoms with van der Waals surface area (Å²) in [5.74, 6) is 0.0383. The molecule has 0 aromatic heterocycles. The number of hydrogen-bond donors (Lipinski definition) is 1. The van der Waals surface area contributed by atoms with Crippen molar-refractivity contribution < 1.29 is 9.59 Å². The van der Waals surface area contributed by atoms with E-state index >= 15 is 0 Å². The minimum absolute atomic E-state index is 0.0126. The smallest absolute Gasteiger partial charge is 0.243 e. The van der Waals surface area contributed by atoms with Gasteiger partial charge in [0.05, 0.1) is 0 Å². The molecule has 2 amide bonds. The summed E-state index contributed by atoms with van der Waals surface area (Å²) in [5, 5.41) is 3.24. The van der Waals surface area contributed by atoms with E-state index in [9.17, 15) is 9.59 Å². The summed E-state index contributed by atoms with van der Waals surface area (Å²) in [7, 11) is 0. The molecule has 1 aliphatic carbocycles. The minimum atomic E-state index is -0.389. The van der Waals surface area contributed by atoms with Crippen LogP contribution in [0.25, 0.3) is 0 Å². The summed E-state index contributed by atoms with van der Waals surface area (Å²) in [4.78, 5) is 27.1. The van der Waals surface area contributed by atoms with Crippen LogP contribution in [-0.2, 0) is 16.0 Å². The molecular formula is C20H28N2O2. The molecule has 130 valence electrons. The van der Waals surface area contributed by atoms with Gasteiger partial charge in [0.25, 0.3) is 0 Å². The van der Waals surface area contributed by atoms with Gasteiger partial charge < -0.3 is 5.32 Å². The number of benzene rings is 1. The maximum atomic E-state index is 12.9. The lowest BCUT2D eigenvalue weighted by Gasteiger charge is -2.27. The van der Waals surface area contributed by atoms with Crippen molar-refractivity contribution >= 4 is 17.5 Å². The first-order valence-electron chi connectivity index (χ1n) is 9.41. The number of hydrogen-bond acceptors (Lipinski definition) is 2. The van der Waals surface area contributed by atoms with E-state index in [0.717, 1.165) is 24.1 Å². The van der Waals surface area contributed by atoms with E-state index < -0.39 is 0 Å². The fourth-order valence-electron chi connectivity index (χ4n) is 3.97. The van der Waals surface area contributed by atoms with Crippen LogP contribution in [-0.4, -0.2) is 23.9 Å². The summed E-state index contributed by atoms with van der Waals surface area (Å²) < 4.78 is 0. The SMILES string of the molecule is CCC(=O)N1c2ccccc2CC1C(=O)NC1CCCCCCC1. The maximum absolute atomic E-state index is 12.9. The Morgan fingerprint density at radius 3 is 2.46 bits per heavy atom. The molecule has 4 nitrogen and oxygen atoms in total. The lowest BCUT2D eigenvalue weighted by atomic mass is 9.96. The topological polar surface area (TPSA) is 49.4 Å². The Morgan fingerprint density at radius 2 is 1.75 bits per heavy atom. The van der Waals surface area contributed by atoms with Crippen molar-refractivity contribution in [2.75, 3.05) is 4.90 Å². The highest BCUT2D eigenvalue weighted by molar-refractivity contribution is 6.03. The zero-order chi connectivity index (χ0) is 16.9. The molecule has 1 aromatic carbocycles. The van der Waals surface area contributed by atoms with Gasteiger partial charge in [-0.3, -0.25) is 14.5 Å². The van der Waals surface area contributed by atoms with Crippen LogP contribution in [0.4, 0.5) is 5.69 Å². The van der Waals surface area contributed by atoms with Crippen LogP contribution < -0.4 is 10.2 Å². The molecule has 1 fully saturated rings. The van der Waals surface area contributed by atoms with Gasteiger partial charge in [-0.05, 0) is 24.5 Å². The van der Waals surface area contributed by atoms with E-state index in [2.05, 4.69) is 5.32 Å². The molecule has 1 saturated carbocycles. The van der Waals surface area contributed by atoms with Crippen LogP contribution >= 0.6 is 0 Å². The molecule has 0 saturated heterocycles. The Bertz CT molecular complexity index is 591. The Balaban J connectivity index is 1.72. The molecule has 2 aliphatic rings. The number of rotatable bonds is 3. The molecule has 0 radical (unpaired) electrons. The van der Waals surface area contributed by atoms with Crippen molar-refractivity contribution in [3.63, 3.8) is 0 Å². The fourth-order valence-corrected chi connectivity index (χ4v) is 3.97. The van der Waals surface area contributed by atoms with Crippen molar-refractivity contribution in [1.82, 2.24) is 5.32 Å². The van der Waals surface area contributed by atoms with Crippen LogP contribution in [0.5, 0.6) is 0 Å². The molecule has 0 spiro atoms. The second kappa shape index (κ2) is 7.82. The molecule has 1 N–H and O–H groups in total. The molecule has 4 heteroatoms. The molecule has 0 bridgehead atoms. The Labute approximate surface area is 144 Å². The van der Waals surface area contributed by atoms with Crippen molar-refractivity contribution in [3.05, 3.63) is 29.8 Å². The van der Waals surface area contributed by atoms with Gasteiger partial charge in [-0.2, -0.15) is 0 Å². The number of carbonyl (C=O) groups excluding carboxylic acids is 2. The van der Waals surface area contributed by atoms with Gasteiger partial charge in [0.1, 0.15) is 6.04 Å². The number of carbonyl (C=O) groups is 2. The van der Waals surface area contributed by atoms with Gasteiger partial charge >= 0.3 is 0 Å². The Morgan fingerprint density at radius 1 is 1.08 bits per heavy atom. The van der Waals surface area contributed by atoms with Gasteiger partial charge in [0.15, 0.2) is 0 Å². The normalized spacial score (nSPS) is 21.7. The number of amides is 2. The molecule has 1 aromatic rings. The molecule has 3 rings (SSSR count). The highest BCUT2D eigenvalue weighted by Gasteiger charge is 2.37. The Kier molecular flexibility index (Phi) is 5.54. The number of para-hydroxylation sites is 1. The highest BCUT2D eigenvalue weighted by atomic mass is 16.2. The first-order chi connectivity index (χ1) is 11.7. The van der Waals surface area contributed by atoms with Gasteiger partial charge in [0.2, 0.25) is 11.8 Å². The van der Waals surface area contributed by atoms with Gasteiger partial charge in [-0.1, -0.05) is 57.2 Å². The summed E-state index contributed by atoms with van der Waals surface area (Å²) in [6.07, 6.45) is 9.39. The number of nitrogens with one attached hydrogen (secondary N) is 1. The standard InChI is InChI=1S/C20H28N2O2/c1-2-19(23)22-17-13-9-8-10-15(17)14-18(22)20(24)21-16-11-6-4-3-5-7-12-16/h8-10,13,16,18H,2-7,11-12,14H2,1H3,(H,21,24). The third-order valence-electron chi connectivity index (χ3n) is 5.30. The van der Waals surface area contributed by atoms with Gasteiger partial charge in [0, 0.05) is 24.6 Å². The molecule has 1 heterocycles. The monoisotopic (exact) mass is 328 g/mol. The fraction of sp³-hybridized carbons (Fsp3) is 0.600. The largest absolute Gasteiger partial charge is 0.352 e. The van der Waals surface area contributed by atoms with Crippen molar-refractivity contribution in [2.45, 2.75) is 76.8 Å². The number of fused-ring (bicyclic) bond motifs is 1. The summed E-state index contributed by atoms with van der Waals surface area (Å²) in [6, 6.07) is 7.76. The molecule has 1 unspecified atom stereocenters. The quantitative estimate of drug-likeness (QED) is 0.922. The predicted octanol–water partition coefficient (Wildman–Crippen LogP) is 3.58. The van der Waals surface area contributed by atoms with E-state index in [1.165, 1.54) is 32.1 Å². The average Bonchev–Trinajstić information content (AvgIpc) is 2.96. The van der Waals surface area contributed by atoms with Crippen LogP contribution in [0.2, 0.25) is 0 Å². The van der Waals surface area contributed by atoms with Crippen molar-refractivity contribution in [1.29, 1.82) is 0 Å². The van der Waals surface area contributed by atoms with Gasteiger partial charge in [-0.25, -0.2) is 0 Å². The summed E-state index contributed by atoms with van der Waals surface area (Å²) in [5.41, 5.74) is 2.00. The lowest BCUT2D eigenvalue weighted by Crippen LogP contribution is -2.50. The van der Waals surface area contributed by atoms with E-state index in [4.69, 9.17) is 0 Å². The molecule has 1 aliphatic heterocycles. The zero-order valence-corrected chi connectivity index (χ0v) is 14.6. The molecule has 24 heavy (non-hydrogen) atoms. The molecule has 1 atom stereocenters.